The van der Waals surface area contributed by atoms with Crippen LogP contribution in [0, 0.1) is 0 Å². The van der Waals surface area contributed by atoms with Gasteiger partial charge in [0.05, 0.1) is 11.7 Å². The van der Waals surface area contributed by atoms with Crippen molar-refractivity contribution < 1.29 is 9.94 Å². The monoisotopic (exact) mass is 278 g/mol. The van der Waals surface area contributed by atoms with Gasteiger partial charge in [-0.05, 0) is 32.4 Å². The molecule has 20 heavy (non-hydrogen) atoms. The third-order valence-electron chi connectivity index (χ3n) is 3.28. The molecule has 0 radical (unpaired) electrons. The molecule has 1 aliphatic rings. The van der Waals surface area contributed by atoms with Crippen LogP contribution in [0.2, 0.25) is 0 Å². The topological polar surface area (TPSA) is 84.0 Å². The molecule has 0 aromatic carbocycles. The summed E-state index contributed by atoms with van der Waals surface area (Å²) >= 11 is 0. The summed E-state index contributed by atoms with van der Waals surface area (Å²) in [6.45, 7) is 8.64. The van der Waals surface area contributed by atoms with Crippen molar-refractivity contribution in [3.05, 3.63) is 29.6 Å². The minimum absolute atomic E-state index is 0.0427. The maximum Gasteiger partial charge on any atom is 0.189 e. The van der Waals surface area contributed by atoms with Crippen molar-refractivity contribution in [2.45, 2.75) is 39.0 Å². The van der Waals surface area contributed by atoms with Crippen LogP contribution < -0.4 is 5.73 Å². The molecule has 0 saturated carbocycles. The van der Waals surface area contributed by atoms with Gasteiger partial charge in [0, 0.05) is 25.8 Å². The zero-order valence-corrected chi connectivity index (χ0v) is 12.2. The van der Waals surface area contributed by atoms with Crippen molar-refractivity contribution in [1.29, 1.82) is 0 Å². The van der Waals surface area contributed by atoms with Crippen LogP contribution in [0.1, 0.15) is 32.0 Å². The first-order chi connectivity index (χ1) is 9.41. The van der Waals surface area contributed by atoms with Gasteiger partial charge in [0.1, 0.15) is 5.69 Å². The van der Waals surface area contributed by atoms with E-state index in [1.165, 1.54) is 0 Å². The van der Waals surface area contributed by atoms with E-state index >= 15 is 0 Å². The predicted molar refractivity (Wildman–Crippen MR) is 76.7 cm³/mol. The van der Waals surface area contributed by atoms with Crippen molar-refractivity contribution in [3.63, 3.8) is 0 Å². The van der Waals surface area contributed by atoms with Crippen LogP contribution in [-0.2, 0) is 11.3 Å². The van der Waals surface area contributed by atoms with Crippen LogP contribution in [0.5, 0.6) is 0 Å². The Balaban J connectivity index is 2.18. The molecule has 2 heterocycles. The molecule has 1 aromatic heterocycles. The molecule has 1 aromatic rings. The summed E-state index contributed by atoms with van der Waals surface area (Å²) in [6, 6.07) is 3.81. The van der Waals surface area contributed by atoms with E-state index in [2.05, 4.69) is 35.8 Å². The van der Waals surface area contributed by atoms with Crippen molar-refractivity contribution in [2.75, 3.05) is 13.1 Å². The largest absolute Gasteiger partial charge is 0.409 e. The van der Waals surface area contributed by atoms with Gasteiger partial charge in [0.25, 0.3) is 0 Å². The lowest BCUT2D eigenvalue weighted by atomic mass is 10.0. The van der Waals surface area contributed by atoms with Gasteiger partial charge in [-0.2, -0.15) is 0 Å². The lowest BCUT2D eigenvalue weighted by Gasteiger charge is -2.41. The average Bonchev–Trinajstić information content (AvgIpc) is 2.36. The van der Waals surface area contributed by atoms with E-state index < -0.39 is 0 Å². The second kappa shape index (κ2) is 5.76. The number of rotatable bonds is 3. The van der Waals surface area contributed by atoms with E-state index in [4.69, 9.17) is 15.7 Å². The number of oxime groups is 1. The second-order valence-corrected chi connectivity index (χ2v) is 5.85. The molecule has 0 bridgehead atoms. The fourth-order valence-electron chi connectivity index (χ4n) is 2.79. The number of ether oxygens (including phenoxy) is 1. The van der Waals surface area contributed by atoms with Gasteiger partial charge >= 0.3 is 0 Å². The summed E-state index contributed by atoms with van der Waals surface area (Å²) in [5.41, 5.74) is 6.99. The molecule has 1 saturated heterocycles. The Bertz CT molecular complexity index is 502. The first kappa shape index (κ1) is 14.7. The summed E-state index contributed by atoms with van der Waals surface area (Å²) in [7, 11) is 0. The Kier molecular flexibility index (Phi) is 4.25. The number of amidine groups is 1. The van der Waals surface area contributed by atoms with Crippen molar-refractivity contribution in [3.8, 4) is 0 Å². The highest BCUT2D eigenvalue weighted by Crippen LogP contribution is 2.22. The maximum absolute atomic E-state index is 8.83. The molecule has 6 heteroatoms. The molecule has 2 rings (SSSR count). The van der Waals surface area contributed by atoms with Crippen molar-refractivity contribution in [1.82, 2.24) is 9.88 Å². The predicted octanol–water partition coefficient (Wildman–Crippen LogP) is 1.18. The molecule has 110 valence electrons. The minimum Gasteiger partial charge on any atom is -0.409 e. The Labute approximate surface area is 119 Å². The van der Waals surface area contributed by atoms with Crippen LogP contribution >= 0.6 is 0 Å². The van der Waals surface area contributed by atoms with Crippen LogP contribution in [-0.4, -0.2) is 45.7 Å². The Hall–Kier alpha value is -1.66. The zero-order valence-electron chi connectivity index (χ0n) is 12.2. The standard InChI is InChI=1S/C14H22N4O2/c1-10-7-18(9-14(2,3)20-10)8-11-5-4-6-16-12(11)13(15)17-19/h4-6,10,19H,7-9H2,1-3H3,(H2,15,17). The number of hydrogen-bond donors (Lipinski definition) is 2. The quantitative estimate of drug-likeness (QED) is 0.375. The zero-order chi connectivity index (χ0) is 14.8. The highest BCUT2D eigenvalue weighted by Gasteiger charge is 2.31. The lowest BCUT2D eigenvalue weighted by molar-refractivity contribution is -0.130. The fourth-order valence-corrected chi connectivity index (χ4v) is 2.79. The maximum atomic E-state index is 8.83. The normalized spacial score (nSPS) is 23.8. The number of nitrogens with zero attached hydrogens (tertiary/aromatic N) is 3. The van der Waals surface area contributed by atoms with E-state index in [0.717, 1.165) is 18.7 Å². The van der Waals surface area contributed by atoms with Crippen LogP contribution in [0.25, 0.3) is 0 Å². The van der Waals surface area contributed by atoms with E-state index in [1.54, 1.807) is 6.20 Å². The molecule has 0 amide bonds. The van der Waals surface area contributed by atoms with E-state index in [9.17, 15) is 0 Å². The third-order valence-corrected chi connectivity index (χ3v) is 3.28. The summed E-state index contributed by atoms with van der Waals surface area (Å²) in [4.78, 5) is 6.50. The van der Waals surface area contributed by atoms with Gasteiger partial charge in [-0.15, -0.1) is 0 Å². The molecule has 6 nitrogen and oxygen atoms in total. The third kappa shape index (κ3) is 3.46. The number of hydrogen-bond acceptors (Lipinski definition) is 5. The summed E-state index contributed by atoms with van der Waals surface area (Å²) < 4.78 is 5.89. The molecule has 1 aliphatic heterocycles. The number of pyridine rings is 1. The second-order valence-electron chi connectivity index (χ2n) is 5.85. The minimum atomic E-state index is -0.170. The number of aromatic nitrogens is 1. The Morgan fingerprint density at radius 2 is 2.40 bits per heavy atom. The fraction of sp³-hybridized carbons (Fsp3) is 0.571. The lowest BCUT2D eigenvalue weighted by Crippen LogP contribution is -2.51. The first-order valence-electron chi connectivity index (χ1n) is 6.73. The molecule has 0 spiro atoms. The number of morpholine rings is 1. The van der Waals surface area contributed by atoms with E-state index in [0.29, 0.717) is 12.2 Å². The molecular weight excluding hydrogens is 256 g/mol. The van der Waals surface area contributed by atoms with Gasteiger partial charge in [-0.1, -0.05) is 11.2 Å². The van der Waals surface area contributed by atoms with Gasteiger partial charge in [-0.3, -0.25) is 9.88 Å². The molecule has 1 fully saturated rings. The summed E-state index contributed by atoms with van der Waals surface area (Å²) in [6.07, 6.45) is 1.82. The summed E-state index contributed by atoms with van der Waals surface area (Å²) in [5.74, 6) is 0.0427. The molecular formula is C14H22N4O2. The van der Waals surface area contributed by atoms with Gasteiger partial charge in [-0.25, -0.2) is 0 Å². The van der Waals surface area contributed by atoms with Gasteiger partial charge in [0.2, 0.25) is 0 Å². The van der Waals surface area contributed by atoms with E-state index in [1.807, 2.05) is 12.1 Å². The number of nitrogens with two attached hydrogens (primary N) is 1. The molecule has 1 unspecified atom stereocenters. The molecule has 3 N–H and O–H groups in total. The Morgan fingerprint density at radius 3 is 3.05 bits per heavy atom. The smallest absolute Gasteiger partial charge is 0.189 e. The van der Waals surface area contributed by atoms with Crippen LogP contribution in [0.3, 0.4) is 0 Å². The molecule has 0 aliphatic carbocycles. The van der Waals surface area contributed by atoms with Gasteiger partial charge < -0.3 is 15.7 Å². The Morgan fingerprint density at radius 1 is 1.65 bits per heavy atom. The van der Waals surface area contributed by atoms with Gasteiger partial charge in [0.15, 0.2) is 5.84 Å². The highest BCUT2D eigenvalue weighted by atomic mass is 16.5. The van der Waals surface area contributed by atoms with E-state index in [-0.39, 0.29) is 17.5 Å². The SMILES string of the molecule is CC1CN(Cc2cccnc2C(N)=NO)CC(C)(C)O1. The summed E-state index contributed by atoms with van der Waals surface area (Å²) in [5, 5.41) is 11.9. The average molecular weight is 278 g/mol. The van der Waals surface area contributed by atoms with Crippen LogP contribution in [0.15, 0.2) is 23.5 Å². The molecule has 1 atom stereocenters. The van der Waals surface area contributed by atoms with Crippen molar-refractivity contribution >= 4 is 5.84 Å². The van der Waals surface area contributed by atoms with Crippen molar-refractivity contribution in [2.24, 2.45) is 10.9 Å². The first-order valence-corrected chi connectivity index (χ1v) is 6.73. The van der Waals surface area contributed by atoms with Crippen LogP contribution in [0.4, 0.5) is 0 Å². The highest BCUT2D eigenvalue weighted by molar-refractivity contribution is 5.96.